The van der Waals surface area contributed by atoms with Gasteiger partial charge in [0.05, 0.1) is 0 Å². The average Bonchev–Trinajstić information content (AvgIpc) is 3.52. The summed E-state index contributed by atoms with van der Waals surface area (Å²) in [6.45, 7) is 2.99. The lowest BCUT2D eigenvalue weighted by Crippen LogP contribution is -2.06. The van der Waals surface area contributed by atoms with Crippen LogP contribution in [0.25, 0.3) is 44.5 Å². The van der Waals surface area contributed by atoms with E-state index in [1.165, 1.54) is 0 Å². The van der Waals surface area contributed by atoms with Gasteiger partial charge in [0.1, 0.15) is 48.0 Å². The molecule has 78 heavy (non-hydrogen) atoms. The molecule has 0 aliphatic carbocycles. The lowest BCUT2D eigenvalue weighted by atomic mass is 10.1. The van der Waals surface area contributed by atoms with Crippen molar-refractivity contribution in [1.29, 1.82) is 0 Å². The predicted molar refractivity (Wildman–Crippen MR) is 316 cm³/mol. The number of hydrogen-bond acceptors (Lipinski definition) is 10. The number of ether oxygens (including phenoxy) is 2. The molecular weight excluding hydrogens is 961 g/mol. The number of hydrogen-bond donors (Lipinski definition) is 4. The van der Waals surface area contributed by atoms with Crippen molar-refractivity contribution in [1.82, 2.24) is 19.9 Å². The Morgan fingerprint density at radius 2 is 0.513 bits per heavy atom. The second-order valence-corrected chi connectivity index (χ2v) is 19.0. The molecule has 382 valence electrons. The van der Waals surface area contributed by atoms with Crippen LogP contribution in [0.2, 0.25) is 0 Å². The van der Waals surface area contributed by atoms with Crippen molar-refractivity contribution in [2.24, 2.45) is 0 Å². The standard InChI is InChI=1S/C68H58N8O2/c1-5-16-55(17-6-1)59-24-28-65(73-43-59)69-39-51-33-52(40-70-66-29-25-60(44-74-66)56-18-7-2-8-19-56)36-63(35-51)77-47-49-14-13-15-50(32-49)48-78-64-37-53(41-71-67-30-26-61(45-75-67)57-20-9-3-10-21-57)34-54(38-64)42-72-68-31-27-62(46-76-68)58-22-11-4-12-23-58/h1-38,43-46H,39-42,47-48H2,(H,69,73)(H,70,74)(H,71,75)(H,72,76). The molecule has 0 aliphatic rings. The summed E-state index contributed by atoms with van der Waals surface area (Å²) in [6.07, 6.45) is 7.63. The van der Waals surface area contributed by atoms with Crippen LogP contribution in [0.3, 0.4) is 0 Å². The molecule has 0 radical (unpaired) electrons. The van der Waals surface area contributed by atoms with E-state index < -0.39 is 0 Å². The molecular formula is C68H58N8O2. The summed E-state index contributed by atoms with van der Waals surface area (Å²) in [5, 5.41) is 14.1. The summed E-state index contributed by atoms with van der Waals surface area (Å²) in [6, 6.07) is 78.7. The zero-order chi connectivity index (χ0) is 52.6. The van der Waals surface area contributed by atoms with Gasteiger partial charge >= 0.3 is 0 Å². The fourth-order valence-corrected chi connectivity index (χ4v) is 9.14. The summed E-state index contributed by atoms with van der Waals surface area (Å²) in [7, 11) is 0. The van der Waals surface area contributed by atoms with Gasteiger partial charge in [-0.05, 0) is 134 Å². The van der Waals surface area contributed by atoms with Crippen molar-refractivity contribution in [3.63, 3.8) is 0 Å². The van der Waals surface area contributed by atoms with Gasteiger partial charge < -0.3 is 30.7 Å². The van der Waals surface area contributed by atoms with Crippen LogP contribution < -0.4 is 30.7 Å². The van der Waals surface area contributed by atoms with E-state index in [4.69, 9.17) is 29.4 Å². The van der Waals surface area contributed by atoms with Gasteiger partial charge in [-0.25, -0.2) is 19.9 Å². The fourth-order valence-electron chi connectivity index (χ4n) is 9.14. The summed E-state index contributed by atoms with van der Waals surface area (Å²) in [4.78, 5) is 18.9. The van der Waals surface area contributed by atoms with Gasteiger partial charge in [-0.2, -0.15) is 0 Å². The highest BCUT2D eigenvalue weighted by molar-refractivity contribution is 5.66. The second-order valence-electron chi connectivity index (χ2n) is 19.0. The quantitative estimate of drug-likeness (QED) is 0.0523. The van der Waals surface area contributed by atoms with Crippen molar-refractivity contribution in [3.05, 3.63) is 289 Å². The molecule has 0 aliphatic heterocycles. The first-order valence-corrected chi connectivity index (χ1v) is 26.2. The van der Waals surface area contributed by atoms with Crippen LogP contribution in [0.15, 0.2) is 255 Å². The number of benzene rings is 7. The second kappa shape index (κ2) is 25.0. The van der Waals surface area contributed by atoms with Crippen molar-refractivity contribution in [3.8, 4) is 56.0 Å². The van der Waals surface area contributed by atoms with E-state index in [0.717, 1.165) is 113 Å². The minimum absolute atomic E-state index is 0.375. The lowest BCUT2D eigenvalue weighted by Gasteiger charge is -2.15. The third kappa shape index (κ3) is 13.8. The van der Waals surface area contributed by atoms with E-state index in [-0.39, 0.29) is 0 Å². The Labute approximate surface area is 455 Å². The van der Waals surface area contributed by atoms with Gasteiger partial charge in [0.2, 0.25) is 0 Å². The Hall–Kier alpha value is -10.1. The third-order valence-corrected chi connectivity index (χ3v) is 13.2. The number of anilines is 4. The lowest BCUT2D eigenvalue weighted by molar-refractivity contribution is 0.299. The maximum Gasteiger partial charge on any atom is 0.126 e. The zero-order valence-electron chi connectivity index (χ0n) is 43.1. The van der Waals surface area contributed by atoms with Gasteiger partial charge in [-0.15, -0.1) is 0 Å². The molecule has 10 heteroatoms. The van der Waals surface area contributed by atoms with Gasteiger partial charge in [-0.1, -0.05) is 152 Å². The highest BCUT2D eigenvalue weighted by Crippen LogP contribution is 2.27. The summed E-state index contributed by atoms with van der Waals surface area (Å²) < 4.78 is 13.2. The van der Waals surface area contributed by atoms with E-state index in [0.29, 0.717) is 39.4 Å². The number of rotatable bonds is 22. The summed E-state index contributed by atoms with van der Waals surface area (Å²) >= 11 is 0. The smallest absolute Gasteiger partial charge is 0.126 e. The normalized spacial score (nSPS) is 10.9. The molecule has 10 nitrogen and oxygen atoms in total. The van der Waals surface area contributed by atoms with Crippen molar-refractivity contribution in [2.75, 3.05) is 21.3 Å². The first-order chi connectivity index (χ1) is 38.6. The van der Waals surface area contributed by atoms with E-state index in [2.05, 4.69) is 155 Å². The maximum atomic E-state index is 6.59. The molecule has 0 unspecified atom stereocenters. The van der Waals surface area contributed by atoms with Crippen molar-refractivity contribution < 1.29 is 9.47 Å². The molecule has 0 spiro atoms. The van der Waals surface area contributed by atoms with E-state index in [9.17, 15) is 0 Å². The van der Waals surface area contributed by atoms with Gasteiger partial charge in [-0.3, -0.25) is 0 Å². The molecule has 4 N–H and O–H groups in total. The first-order valence-electron chi connectivity index (χ1n) is 26.2. The Kier molecular flexibility index (Phi) is 16.1. The molecule has 4 heterocycles. The monoisotopic (exact) mass is 1020 g/mol. The average molecular weight is 1020 g/mol. The number of aromatic nitrogens is 4. The first kappa shape index (κ1) is 50.1. The maximum absolute atomic E-state index is 6.59. The number of pyridine rings is 4. The number of nitrogens with one attached hydrogen (secondary N) is 4. The van der Waals surface area contributed by atoms with Crippen LogP contribution in [-0.4, -0.2) is 19.9 Å². The van der Waals surface area contributed by atoms with Gasteiger partial charge in [0.15, 0.2) is 0 Å². The highest BCUT2D eigenvalue weighted by Gasteiger charge is 2.10. The Morgan fingerprint density at radius 3 is 0.769 bits per heavy atom. The molecule has 0 fully saturated rings. The minimum atomic E-state index is 0.375. The Balaban J connectivity index is 0.764. The summed E-state index contributed by atoms with van der Waals surface area (Å²) in [5.74, 6) is 4.71. The van der Waals surface area contributed by atoms with Crippen LogP contribution in [0, 0.1) is 0 Å². The molecule has 0 bridgehead atoms. The van der Waals surface area contributed by atoms with E-state index >= 15 is 0 Å². The van der Waals surface area contributed by atoms with Crippen LogP contribution >= 0.6 is 0 Å². The van der Waals surface area contributed by atoms with E-state index in [1.54, 1.807) is 0 Å². The topological polar surface area (TPSA) is 118 Å². The zero-order valence-corrected chi connectivity index (χ0v) is 43.1. The number of nitrogens with zero attached hydrogens (tertiary/aromatic N) is 4. The molecule has 0 saturated carbocycles. The molecule has 0 saturated heterocycles. The predicted octanol–water partition coefficient (Wildman–Crippen LogP) is 15.5. The van der Waals surface area contributed by atoms with E-state index in [1.807, 2.05) is 122 Å². The summed E-state index contributed by atoms with van der Waals surface area (Å²) in [5.41, 5.74) is 15.1. The van der Waals surface area contributed by atoms with Crippen LogP contribution in [0.1, 0.15) is 33.4 Å². The minimum Gasteiger partial charge on any atom is -0.489 e. The largest absolute Gasteiger partial charge is 0.489 e. The molecule has 11 rings (SSSR count). The fraction of sp³-hybridized carbons (Fsp3) is 0.0882. The molecule has 0 atom stereocenters. The Bertz CT molecular complexity index is 3190. The van der Waals surface area contributed by atoms with Crippen LogP contribution in [0.5, 0.6) is 11.5 Å². The van der Waals surface area contributed by atoms with Crippen molar-refractivity contribution in [2.45, 2.75) is 39.4 Å². The molecule has 7 aromatic carbocycles. The molecule has 0 amide bonds. The van der Waals surface area contributed by atoms with Crippen molar-refractivity contribution >= 4 is 23.3 Å². The van der Waals surface area contributed by atoms with Gasteiger partial charge in [0, 0.05) is 73.2 Å². The van der Waals surface area contributed by atoms with Gasteiger partial charge in [0.25, 0.3) is 0 Å². The molecule has 11 aromatic rings. The van der Waals surface area contributed by atoms with Crippen LogP contribution in [0.4, 0.5) is 23.3 Å². The molecule has 4 aromatic heterocycles. The highest BCUT2D eigenvalue weighted by atomic mass is 16.5. The van der Waals surface area contributed by atoms with Crippen LogP contribution in [-0.2, 0) is 39.4 Å². The third-order valence-electron chi connectivity index (χ3n) is 13.2. The SMILES string of the molecule is c1ccc(-c2ccc(NCc3cc(CNc4ccc(-c5ccccc5)cn4)cc(OCc4cccc(COc5cc(CNc6ccc(-c7ccccc7)cn6)cc(CNc6ccc(-c7ccccc7)cn6)c5)c4)c3)nc2)cc1. The Morgan fingerprint density at radius 1 is 0.244 bits per heavy atom.